The smallest absolute Gasteiger partial charge is 0.267 e. The zero-order chi connectivity index (χ0) is 16.4. The first kappa shape index (κ1) is 16.3. The number of H-pyrrole nitrogens is 1. The van der Waals surface area contributed by atoms with E-state index in [2.05, 4.69) is 5.10 Å². The van der Waals surface area contributed by atoms with Gasteiger partial charge in [0, 0.05) is 29.8 Å². The fourth-order valence-corrected chi connectivity index (χ4v) is 2.50. The lowest BCUT2D eigenvalue weighted by Gasteiger charge is -2.11. The maximum atomic E-state index is 14.2. The van der Waals surface area contributed by atoms with Crippen molar-refractivity contribution in [3.8, 4) is 5.75 Å². The summed E-state index contributed by atoms with van der Waals surface area (Å²) in [5.74, 6) is 0.149. The molecule has 4 nitrogen and oxygen atoms in total. The second kappa shape index (κ2) is 6.38. The van der Waals surface area contributed by atoms with Gasteiger partial charge in [-0.15, -0.1) is 0 Å². The van der Waals surface area contributed by atoms with Crippen LogP contribution >= 0.6 is 0 Å². The summed E-state index contributed by atoms with van der Waals surface area (Å²) in [5, 5.41) is 2.80. The molecule has 0 aliphatic carbocycles. The molecule has 0 atom stereocenters. The van der Waals surface area contributed by atoms with Gasteiger partial charge in [-0.3, -0.25) is 14.6 Å². The van der Waals surface area contributed by atoms with E-state index in [1.807, 2.05) is 39.3 Å². The molecule has 1 aromatic heterocycles. The molecule has 0 saturated carbocycles. The number of nitrogens with zero attached hydrogens (tertiary/aromatic N) is 1. The van der Waals surface area contributed by atoms with E-state index in [0.717, 1.165) is 5.69 Å². The highest BCUT2D eigenvalue weighted by Gasteiger charge is 2.15. The van der Waals surface area contributed by atoms with Crippen LogP contribution in [0.4, 0.5) is 4.39 Å². The van der Waals surface area contributed by atoms with Crippen LogP contribution < -0.4 is 10.3 Å². The molecule has 1 aromatic carbocycles. The van der Waals surface area contributed by atoms with Crippen LogP contribution in [-0.2, 0) is 6.42 Å². The van der Waals surface area contributed by atoms with Crippen LogP contribution in [0.3, 0.4) is 0 Å². The van der Waals surface area contributed by atoms with Crippen molar-refractivity contribution in [2.75, 3.05) is 0 Å². The molecule has 1 N–H and O–H groups in total. The summed E-state index contributed by atoms with van der Waals surface area (Å²) in [7, 11) is 0. The summed E-state index contributed by atoms with van der Waals surface area (Å²) in [6.07, 6.45) is 0.268. The minimum absolute atomic E-state index is 0.00425. The van der Waals surface area contributed by atoms with E-state index in [1.165, 1.54) is 6.07 Å². The van der Waals surface area contributed by atoms with Gasteiger partial charge >= 0.3 is 0 Å². The lowest BCUT2D eigenvalue weighted by atomic mass is 10.0. The molecule has 0 amide bonds. The number of benzene rings is 1. The van der Waals surface area contributed by atoms with E-state index in [9.17, 15) is 9.18 Å². The molecular formula is C17H23FN2O2. The summed E-state index contributed by atoms with van der Waals surface area (Å²) in [6, 6.07) is 4.95. The summed E-state index contributed by atoms with van der Waals surface area (Å²) in [5.41, 5.74) is 1.78. The average molecular weight is 306 g/mol. The lowest BCUT2D eigenvalue weighted by molar-refractivity contribution is 0.241. The number of ether oxygens (including phenoxy) is 1. The first-order valence-electron chi connectivity index (χ1n) is 7.54. The average Bonchev–Trinajstić information content (AvgIpc) is 2.69. The van der Waals surface area contributed by atoms with Crippen LogP contribution in [0.2, 0.25) is 0 Å². The van der Waals surface area contributed by atoms with E-state index >= 15 is 0 Å². The molecule has 0 saturated heterocycles. The molecule has 0 bridgehead atoms. The topological polar surface area (TPSA) is 47.0 Å². The first-order valence-corrected chi connectivity index (χ1v) is 7.54. The number of nitrogens with one attached hydrogen (secondary N) is 1. The Morgan fingerprint density at radius 3 is 2.45 bits per heavy atom. The first-order chi connectivity index (χ1) is 10.3. The highest BCUT2D eigenvalue weighted by Crippen LogP contribution is 2.21. The Morgan fingerprint density at radius 1 is 1.27 bits per heavy atom. The van der Waals surface area contributed by atoms with Gasteiger partial charge in [0.25, 0.3) is 5.56 Å². The van der Waals surface area contributed by atoms with Gasteiger partial charge < -0.3 is 4.74 Å². The molecule has 0 radical (unpaired) electrons. The van der Waals surface area contributed by atoms with Crippen molar-refractivity contribution in [3.63, 3.8) is 0 Å². The molecule has 0 fully saturated rings. The van der Waals surface area contributed by atoms with Crippen molar-refractivity contribution < 1.29 is 9.13 Å². The number of aromatic amines is 1. The van der Waals surface area contributed by atoms with Crippen LogP contribution in [-0.4, -0.2) is 15.9 Å². The molecule has 0 aliphatic rings. The molecule has 1 heterocycles. The van der Waals surface area contributed by atoms with E-state index in [4.69, 9.17) is 4.74 Å². The third-order valence-electron chi connectivity index (χ3n) is 3.57. The predicted octanol–water partition coefficient (Wildman–Crippen LogP) is 3.58. The lowest BCUT2D eigenvalue weighted by Crippen LogP contribution is -2.10. The van der Waals surface area contributed by atoms with Gasteiger partial charge in [0.15, 0.2) is 0 Å². The van der Waals surface area contributed by atoms with Crippen molar-refractivity contribution in [2.45, 2.75) is 53.2 Å². The number of rotatable bonds is 5. The fraction of sp³-hybridized carbons (Fsp3) is 0.471. The molecule has 2 aromatic rings. The summed E-state index contributed by atoms with van der Waals surface area (Å²) < 4.78 is 21.5. The van der Waals surface area contributed by atoms with Crippen LogP contribution in [0.5, 0.6) is 5.75 Å². The maximum Gasteiger partial charge on any atom is 0.267 e. The van der Waals surface area contributed by atoms with Crippen molar-refractivity contribution in [1.29, 1.82) is 0 Å². The van der Waals surface area contributed by atoms with Gasteiger partial charge in [0.1, 0.15) is 11.6 Å². The third kappa shape index (κ3) is 3.40. The number of halogens is 1. The van der Waals surface area contributed by atoms with Gasteiger partial charge in [-0.05, 0) is 46.2 Å². The predicted molar refractivity (Wildman–Crippen MR) is 85.1 cm³/mol. The Bertz CT molecular complexity index is 714. The van der Waals surface area contributed by atoms with Gasteiger partial charge in [0.05, 0.1) is 6.10 Å². The Kier molecular flexibility index (Phi) is 4.74. The molecule has 22 heavy (non-hydrogen) atoms. The second-order valence-electron chi connectivity index (χ2n) is 6.07. The van der Waals surface area contributed by atoms with Crippen LogP contribution in [0.15, 0.2) is 23.0 Å². The Balaban J connectivity index is 2.30. The molecule has 0 unspecified atom stereocenters. The number of hydrogen-bond donors (Lipinski definition) is 1. The number of hydrogen-bond acceptors (Lipinski definition) is 2. The van der Waals surface area contributed by atoms with Crippen LogP contribution in [0.25, 0.3) is 0 Å². The van der Waals surface area contributed by atoms with Gasteiger partial charge in [-0.1, -0.05) is 6.07 Å². The molecule has 120 valence electrons. The highest BCUT2D eigenvalue weighted by molar-refractivity contribution is 5.33. The molecule has 5 heteroatoms. The Morgan fingerprint density at radius 2 is 1.95 bits per heavy atom. The largest absolute Gasteiger partial charge is 0.491 e. The van der Waals surface area contributed by atoms with Crippen LogP contribution in [0, 0.1) is 12.7 Å². The minimum Gasteiger partial charge on any atom is -0.491 e. The normalized spacial score (nSPS) is 11.5. The van der Waals surface area contributed by atoms with Crippen molar-refractivity contribution in [1.82, 2.24) is 9.78 Å². The summed E-state index contributed by atoms with van der Waals surface area (Å²) >= 11 is 0. The van der Waals surface area contributed by atoms with Crippen molar-refractivity contribution in [3.05, 3.63) is 51.2 Å². The maximum absolute atomic E-state index is 14.2. The molecule has 2 rings (SSSR count). The quantitative estimate of drug-likeness (QED) is 0.917. The third-order valence-corrected chi connectivity index (χ3v) is 3.57. The minimum atomic E-state index is -0.353. The Hall–Kier alpha value is -2.04. The zero-order valence-electron chi connectivity index (χ0n) is 13.7. The van der Waals surface area contributed by atoms with Crippen molar-refractivity contribution >= 4 is 0 Å². The SMILES string of the molecule is Cc1c(Cc2ccc(OC(C)C)cc2F)c(=O)[nH]n1C(C)C. The molecule has 0 aliphatic heterocycles. The molecule has 0 spiro atoms. The zero-order valence-corrected chi connectivity index (χ0v) is 13.7. The van der Waals surface area contributed by atoms with E-state index < -0.39 is 0 Å². The molecular weight excluding hydrogens is 283 g/mol. The second-order valence-corrected chi connectivity index (χ2v) is 6.07. The van der Waals surface area contributed by atoms with Gasteiger partial charge in [0.2, 0.25) is 0 Å². The van der Waals surface area contributed by atoms with Gasteiger partial charge in [-0.25, -0.2) is 4.39 Å². The summed E-state index contributed by atoms with van der Waals surface area (Å²) in [6.45, 7) is 9.64. The van der Waals surface area contributed by atoms with E-state index in [-0.39, 0.29) is 29.9 Å². The van der Waals surface area contributed by atoms with Gasteiger partial charge in [-0.2, -0.15) is 0 Å². The Labute approximate surface area is 129 Å². The van der Waals surface area contributed by atoms with E-state index in [1.54, 1.807) is 12.1 Å². The number of aromatic nitrogens is 2. The summed E-state index contributed by atoms with van der Waals surface area (Å²) in [4.78, 5) is 12.1. The fourth-order valence-electron chi connectivity index (χ4n) is 2.50. The van der Waals surface area contributed by atoms with Crippen LogP contribution in [0.1, 0.15) is 50.6 Å². The highest BCUT2D eigenvalue weighted by atomic mass is 19.1. The van der Waals surface area contributed by atoms with Crippen molar-refractivity contribution in [2.24, 2.45) is 0 Å². The monoisotopic (exact) mass is 306 g/mol. The standard InChI is InChI=1S/C17H23FN2O2/c1-10(2)20-12(5)15(17(21)19-20)8-13-6-7-14(9-16(13)18)22-11(3)4/h6-7,9-11H,8H2,1-5H3,(H,19,21). The van der Waals surface area contributed by atoms with E-state index in [0.29, 0.717) is 16.9 Å².